The minimum Gasteiger partial charge on any atom is -0.354 e. The second-order valence-corrected chi connectivity index (χ2v) is 7.23. The van der Waals surface area contributed by atoms with Gasteiger partial charge in [-0.25, -0.2) is 0 Å². The van der Waals surface area contributed by atoms with Crippen LogP contribution >= 0.6 is 0 Å². The summed E-state index contributed by atoms with van der Waals surface area (Å²) in [7, 11) is 0. The van der Waals surface area contributed by atoms with Crippen LogP contribution in [0.4, 0.5) is 13.2 Å². The molecule has 0 aromatic heterocycles. The molecule has 0 bridgehead atoms. The van der Waals surface area contributed by atoms with Crippen molar-refractivity contribution in [3.8, 4) is 0 Å². The number of piperazine rings is 1. The van der Waals surface area contributed by atoms with E-state index in [1.54, 1.807) is 0 Å². The van der Waals surface area contributed by atoms with Crippen LogP contribution in [-0.2, 0) is 4.79 Å². The Morgan fingerprint density at radius 2 is 1.83 bits per heavy atom. The van der Waals surface area contributed by atoms with Gasteiger partial charge in [-0.3, -0.25) is 9.69 Å². The third kappa shape index (κ3) is 5.92. The maximum absolute atomic E-state index is 13.3. The first-order valence-electron chi connectivity index (χ1n) is 9.17. The fraction of sp³-hybridized carbons (Fsp3) is 0.941. The molecule has 2 aliphatic rings. The molecule has 1 amide bonds. The molecular weight excluding hydrogens is 319 g/mol. The quantitative estimate of drug-likeness (QED) is 0.775. The van der Waals surface area contributed by atoms with E-state index < -0.39 is 12.2 Å². The lowest BCUT2D eigenvalue weighted by Gasteiger charge is -2.36. The van der Waals surface area contributed by atoms with Crippen molar-refractivity contribution in [3.05, 3.63) is 0 Å². The van der Waals surface area contributed by atoms with Crippen LogP contribution in [0.1, 0.15) is 45.4 Å². The van der Waals surface area contributed by atoms with Crippen molar-refractivity contribution < 1.29 is 18.0 Å². The van der Waals surface area contributed by atoms with Crippen LogP contribution in [0.15, 0.2) is 0 Å². The van der Waals surface area contributed by atoms with Gasteiger partial charge in [0.1, 0.15) is 6.04 Å². The lowest BCUT2D eigenvalue weighted by atomic mass is 9.83. The van der Waals surface area contributed by atoms with Crippen LogP contribution in [0.25, 0.3) is 0 Å². The predicted molar refractivity (Wildman–Crippen MR) is 87.7 cm³/mol. The molecule has 1 heterocycles. The fourth-order valence-corrected chi connectivity index (χ4v) is 3.85. The maximum Gasteiger partial charge on any atom is 0.405 e. The fourth-order valence-electron chi connectivity index (χ4n) is 3.85. The van der Waals surface area contributed by atoms with Gasteiger partial charge in [-0.1, -0.05) is 39.0 Å². The van der Waals surface area contributed by atoms with Crippen molar-refractivity contribution in [3.63, 3.8) is 0 Å². The maximum atomic E-state index is 13.3. The van der Waals surface area contributed by atoms with Gasteiger partial charge in [-0.15, -0.1) is 0 Å². The van der Waals surface area contributed by atoms with Crippen LogP contribution in [-0.4, -0.2) is 55.7 Å². The molecule has 2 atom stereocenters. The number of amides is 1. The average Bonchev–Trinajstić information content (AvgIpc) is 2.55. The van der Waals surface area contributed by atoms with E-state index in [2.05, 4.69) is 10.6 Å². The summed E-state index contributed by atoms with van der Waals surface area (Å²) in [5, 5.41) is 5.61. The van der Waals surface area contributed by atoms with Crippen molar-refractivity contribution in [2.24, 2.45) is 11.8 Å². The smallest absolute Gasteiger partial charge is 0.354 e. The van der Waals surface area contributed by atoms with Crippen molar-refractivity contribution in [2.45, 2.75) is 57.7 Å². The first-order valence-corrected chi connectivity index (χ1v) is 9.17. The molecule has 7 heteroatoms. The second kappa shape index (κ2) is 9.04. The standard InChI is InChI=1S/C17H30F3N3O/c1-13(11-14-5-3-2-4-6-14)16(24)22-12-15(17(18,19)20)23-9-7-21-8-10-23/h13-15,21H,2-12H2,1H3,(H,22,24). The Balaban J connectivity index is 1.82. The highest BCUT2D eigenvalue weighted by Crippen LogP contribution is 2.29. The average molecular weight is 349 g/mol. The SMILES string of the molecule is CC(CC1CCCCC1)C(=O)NCC(N1CCNCC1)C(F)(F)F. The highest BCUT2D eigenvalue weighted by Gasteiger charge is 2.44. The topological polar surface area (TPSA) is 44.4 Å². The number of carbonyl (C=O) groups is 1. The summed E-state index contributed by atoms with van der Waals surface area (Å²) in [5.41, 5.74) is 0. The van der Waals surface area contributed by atoms with Gasteiger partial charge in [0.25, 0.3) is 0 Å². The molecule has 0 spiro atoms. The first-order chi connectivity index (χ1) is 11.4. The molecule has 0 radical (unpaired) electrons. The number of rotatable bonds is 6. The minimum atomic E-state index is -4.32. The molecule has 24 heavy (non-hydrogen) atoms. The summed E-state index contributed by atoms with van der Waals surface area (Å²) in [6.45, 7) is 3.31. The van der Waals surface area contributed by atoms with Crippen molar-refractivity contribution >= 4 is 5.91 Å². The number of alkyl halides is 3. The molecule has 1 aliphatic heterocycles. The summed E-state index contributed by atoms with van der Waals surface area (Å²) in [4.78, 5) is 13.6. The van der Waals surface area contributed by atoms with E-state index in [-0.39, 0.29) is 18.4 Å². The van der Waals surface area contributed by atoms with E-state index >= 15 is 0 Å². The second-order valence-electron chi connectivity index (χ2n) is 7.23. The van der Waals surface area contributed by atoms with Gasteiger partial charge in [-0.05, 0) is 12.3 Å². The summed E-state index contributed by atoms with van der Waals surface area (Å²) in [5.74, 6) is 0.0843. The van der Waals surface area contributed by atoms with Gasteiger partial charge >= 0.3 is 6.18 Å². The van der Waals surface area contributed by atoms with Crippen LogP contribution in [0.2, 0.25) is 0 Å². The number of nitrogens with one attached hydrogen (secondary N) is 2. The summed E-state index contributed by atoms with van der Waals surface area (Å²) < 4.78 is 39.9. The number of hydrogen-bond donors (Lipinski definition) is 2. The van der Waals surface area contributed by atoms with E-state index in [1.807, 2.05) is 6.92 Å². The minimum absolute atomic E-state index is 0.218. The molecule has 0 aromatic carbocycles. The first kappa shape index (κ1) is 19.5. The molecule has 2 rings (SSSR count). The zero-order valence-corrected chi connectivity index (χ0v) is 14.5. The van der Waals surface area contributed by atoms with Gasteiger partial charge in [0, 0.05) is 38.6 Å². The Hall–Kier alpha value is -0.820. The normalized spacial score (nSPS) is 23.7. The number of carbonyl (C=O) groups excluding carboxylic acids is 1. The van der Waals surface area contributed by atoms with Crippen molar-refractivity contribution in [1.29, 1.82) is 0 Å². The lowest BCUT2D eigenvalue weighted by molar-refractivity contribution is -0.184. The molecule has 2 fully saturated rings. The highest BCUT2D eigenvalue weighted by molar-refractivity contribution is 5.78. The molecule has 140 valence electrons. The van der Waals surface area contributed by atoms with Gasteiger partial charge < -0.3 is 10.6 Å². The Morgan fingerprint density at radius 3 is 2.42 bits per heavy atom. The monoisotopic (exact) mass is 349 g/mol. The lowest BCUT2D eigenvalue weighted by Crippen LogP contribution is -2.57. The molecule has 1 saturated carbocycles. The third-order valence-electron chi connectivity index (χ3n) is 5.30. The summed E-state index contributed by atoms with van der Waals surface area (Å²) >= 11 is 0. The van der Waals surface area contributed by atoms with E-state index in [9.17, 15) is 18.0 Å². The van der Waals surface area contributed by atoms with Gasteiger partial charge in [0.2, 0.25) is 5.91 Å². The predicted octanol–water partition coefficient (Wildman–Crippen LogP) is 2.55. The molecule has 2 N–H and O–H groups in total. The number of halogens is 3. The number of nitrogens with zero attached hydrogens (tertiary/aromatic N) is 1. The molecule has 2 unspecified atom stereocenters. The van der Waals surface area contributed by atoms with E-state index in [4.69, 9.17) is 0 Å². The molecule has 0 aromatic rings. The van der Waals surface area contributed by atoms with Crippen LogP contribution in [0, 0.1) is 11.8 Å². The third-order valence-corrected chi connectivity index (χ3v) is 5.30. The summed E-state index contributed by atoms with van der Waals surface area (Å²) in [6, 6.07) is -1.59. The Bertz CT molecular complexity index is 391. The zero-order valence-electron chi connectivity index (χ0n) is 14.5. The Morgan fingerprint density at radius 1 is 1.21 bits per heavy atom. The molecule has 1 aliphatic carbocycles. The van der Waals surface area contributed by atoms with Crippen LogP contribution < -0.4 is 10.6 Å². The Labute approximate surface area is 142 Å². The molecule has 1 saturated heterocycles. The summed E-state index contributed by atoms with van der Waals surface area (Å²) in [6.07, 6.45) is 2.42. The highest BCUT2D eigenvalue weighted by atomic mass is 19.4. The van der Waals surface area contributed by atoms with E-state index in [1.165, 1.54) is 24.2 Å². The van der Waals surface area contributed by atoms with Crippen molar-refractivity contribution in [1.82, 2.24) is 15.5 Å². The largest absolute Gasteiger partial charge is 0.405 e. The zero-order chi connectivity index (χ0) is 17.6. The van der Waals surface area contributed by atoms with Gasteiger partial charge in [-0.2, -0.15) is 13.2 Å². The van der Waals surface area contributed by atoms with Crippen LogP contribution in [0.3, 0.4) is 0 Å². The van der Waals surface area contributed by atoms with Crippen molar-refractivity contribution in [2.75, 3.05) is 32.7 Å². The van der Waals surface area contributed by atoms with E-state index in [0.717, 1.165) is 19.3 Å². The van der Waals surface area contributed by atoms with Gasteiger partial charge in [0.05, 0.1) is 0 Å². The van der Waals surface area contributed by atoms with E-state index in [0.29, 0.717) is 32.1 Å². The number of hydrogen-bond acceptors (Lipinski definition) is 3. The molecular formula is C17H30F3N3O. The van der Waals surface area contributed by atoms with Crippen LogP contribution in [0.5, 0.6) is 0 Å². The molecule has 4 nitrogen and oxygen atoms in total. The Kier molecular flexibility index (Phi) is 7.34. The van der Waals surface area contributed by atoms with Gasteiger partial charge in [0.15, 0.2) is 0 Å².